The summed E-state index contributed by atoms with van der Waals surface area (Å²) in [6, 6.07) is 15.5. The number of hydrogen-bond donors (Lipinski definition) is 2. The van der Waals surface area contributed by atoms with Crippen LogP contribution in [0.25, 0.3) is 17.3 Å². The lowest BCUT2D eigenvalue weighted by molar-refractivity contribution is -0.111. The molecule has 0 spiro atoms. The van der Waals surface area contributed by atoms with Crippen molar-refractivity contribution in [2.75, 3.05) is 11.1 Å². The number of nitrogen functional groups attached to an aromatic ring is 1. The number of rotatable bonds is 4. The minimum atomic E-state index is -0.205. The quantitative estimate of drug-likeness (QED) is 0.550. The average Bonchev–Trinajstić information content (AvgIpc) is 3.03. The molecule has 3 aromatic rings. The minimum absolute atomic E-state index is 0.205. The van der Waals surface area contributed by atoms with Crippen molar-refractivity contribution in [3.05, 3.63) is 71.1 Å². The van der Waals surface area contributed by atoms with Gasteiger partial charge in [0.05, 0.1) is 5.69 Å². The van der Waals surface area contributed by atoms with Gasteiger partial charge in [-0.2, -0.15) is 0 Å². The molecular weight excluding hydrogens is 318 g/mol. The standard InChI is InChI=1S/C19H17N3OS/c1-13-5-7-14(8-6-13)9-10-18(23)22-19-21-17(12-24-19)15-3-2-4-16(20)11-15/h2-12H,20H2,1H3,(H,21,22,23)/b10-9+. The number of nitrogens with zero attached hydrogens (tertiary/aromatic N) is 1. The van der Waals surface area contributed by atoms with Crippen molar-refractivity contribution in [2.24, 2.45) is 0 Å². The highest BCUT2D eigenvalue weighted by Crippen LogP contribution is 2.26. The van der Waals surface area contributed by atoms with E-state index in [4.69, 9.17) is 5.73 Å². The van der Waals surface area contributed by atoms with E-state index in [-0.39, 0.29) is 5.91 Å². The normalized spacial score (nSPS) is 10.9. The van der Waals surface area contributed by atoms with E-state index in [1.165, 1.54) is 23.0 Å². The van der Waals surface area contributed by atoms with E-state index in [9.17, 15) is 4.79 Å². The fourth-order valence-electron chi connectivity index (χ4n) is 2.16. The summed E-state index contributed by atoms with van der Waals surface area (Å²) in [5, 5.41) is 5.24. The van der Waals surface area contributed by atoms with Gasteiger partial charge in [-0.15, -0.1) is 11.3 Å². The Morgan fingerprint density at radius 2 is 2.00 bits per heavy atom. The summed E-state index contributed by atoms with van der Waals surface area (Å²) in [5.41, 5.74) is 10.4. The van der Waals surface area contributed by atoms with Crippen LogP contribution in [0.4, 0.5) is 10.8 Å². The van der Waals surface area contributed by atoms with E-state index in [1.54, 1.807) is 6.08 Å². The van der Waals surface area contributed by atoms with Gasteiger partial charge in [0.2, 0.25) is 5.91 Å². The first-order chi connectivity index (χ1) is 11.6. The molecule has 120 valence electrons. The molecule has 3 N–H and O–H groups in total. The van der Waals surface area contributed by atoms with Crippen molar-refractivity contribution in [3.63, 3.8) is 0 Å². The molecule has 0 saturated heterocycles. The molecule has 0 fully saturated rings. The van der Waals surface area contributed by atoms with Gasteiger partial charge in [-0.1, -0.05) is 42.0 Å². The number of nitrogens with one attached hydrogen (secondary N) is 1. The van der Waals surface area contributed by atoms with Gasteiger partial charge in [-0.05, 0) is 30.7 Å². The molecule has 0 atom stereocenters. The van der Waals surface area contributed by atoms with Crippen molar-refractivity contribution in [1.82, 2.24) is 4.98 Å². The van der Waals surface area contributed by atoms with Crippen molar-refractivity contribution >= 4 is 34.1 Å². The van der Waals surface area contributed by atoms with Crippen molar-refractivity contribution in [3.8, 4) is 11.3 Å². The number of hydrogen-bond acceptors (Lipinski definition) is 4. The number of nitrogens with two attached hydrogens (primary N) is 1. The van der Waals surface area contributed by atoms with Gasteiger partial charge < -0.3 is 5.73 Å². The third-order valence-corrected chi connectivity index (χ3v) is 4.18. The Morgan fingerprint density at radius 1 is 1.21 bits per heavy atom. The molecule has 1 amide bonds. The molecule has 2 aromatic carbocycles. The number of carbonyl (C=O) groups excluding carboxylic acids is 1. The molecule has 0 saturated carbocycles. The van der Waals surface area contributed by atoms with Crippen LogP contribution in [-0.2, 0) is 4.79 Å². The molecule has 4 nitrogen and oxygen atoms in total. The van der Waals surface area contributed by atoms with E-state index in [0.29, 0.717) is 10.8 Å². The zero-order valence-corrected chi connectivity index (χ0v) is 14.0. The molecule has 1 aromatic heterocycles. The number of thiazole rings is 1. The maximum Gasteiger partial charge on any atom is 0.250 e. The van der Waals surface area contributed by atoms with Crippen LogP contribution in [0.3, 0.4) is 0 Å². The van der Waals surface area contributed by atoms with E-state index in [2.05, 4.69) is 10.3 Å². The second kappa shape index (κ2) is 7.10. The zero-order chi connectivity index (χ0) is 16.9. The molecule has 3 rings (SSSR count). The number of aryl methyl sites for hydroxylation is 1. The fourth-order valence-corrected chi connectivity index (χ4v) is 2.88. The van der Waals surface area contributed by atoms with Gasteiger partial charge in [0.15, 0.2) is 5.13 Å². The van der Waals surface area contributed by atoms with Crippen LogP contribution in [0.1, 0.15) is 11.1 Å². The molecule has 0 aliphatic heterocycles. The third-order valence-electron chi connectivity index (χ3n) is 3.42. The summed E-state index contributed by atoms with van der Waals surface area (Å²) in [6.45, 7) is 2.03. The predicted molar refractivity (Wildman–Crippen MR) is 101 cm³/mol. The second-order valence-corrected chi connectivity index (χ2v) is 6.25. The summed E-state index contributed by atoms with van der Waals surface area (Å²) in [4.78, 5) is 16.4. The monoisotopic (exact) mass is 335 g/mol. The van der Waals surface area contributed by atoms with Crippen LogP contribution in [-0.4, -0.2) is 10.9 Å². The van der Waals surface area contributed by atoms with E-state index in [1.807, 2.05) is 60.8 Å². The lowest BCUT2D eigenvalue weighted by atomic mass is 10.1. The second-order valence-electron chi connectivity index (χ2n) is 5.40. The number of aromatic nitrogens is 1. The topological polar surface area (TPSA) is 68.0 Å². The van der Waals surface area contributed by atoms with Crippen LogP contribution >= 0.6 is 11.3 Å². The van der Waals surface area contributed by atoms with Crippen LogP contribution in [0.5, 0.6) is 0 Å². The van der Waals surface area contributed by atoms with Crippen LogP contribution in [0.2, 0.25) is 0 Å². The smallest absolute Gasteiger partial charge is 0.250 e. The maximum absolute atomic E-state index is 12.0. The van der Waals surface area contributed by atoms with Gasteiger partial charge in [0, 0.05) is 22.7 Å². The molecule has 0 unspecified atom stereocenters. The number of carbonyl (C=O) groups is 1. The van der Waals surface area contributed by atoms with Crippen molar-refractivity contribution in [2.45, 2.75) is 6.92 Å². The highest BCUT2D eigenvalue weighted by Gasteiger charge is 2.06. The Morgan fingerprint density at radius 3 is 2.75 bits per heavy atom. The molecule has 0 bridgehead atoms. The zero-order valence-electron chi connectivity index (χ0n) is 13.2. The number of anilines is 2. The highest BCUT2D eigenvalue weighted by atomic mass is 32.1. The molecular formula is C19H17N3OS. The Balaban J connectivity index is 1.66. The lowest BCUT2D eigenvalue weighted by Crippen LogP contribution is -2.07. The lowest BCUT2D eigenvalue weighted by Gasteiger charge is -1.99. The van der Waals surface area contributed by atoms with E-state index in [0.717, 1.165) is 16.8 Å². The Bertz CT molecular complexity index is 882. The van der Waals surface area contributed by atoms with Gasteiger partial charge in [0.1, 0.15) is 0 Å². The predicted octanol–water partition coefficient (Wildman–Crippen LogP) is 4.35. The van der Waals surface area contributed by atoms with Crippen LogP contribution in [0.15, 0.2) is 60.0 Å². The Hall–Kier alpha value is -2.92. The van der Waals surface area contributed by atoms with Crippen LogP contribution < -0.4 is 11.1 Å². The van der Waals surface area contributed by atoms with E-state index >= 15 is 0 Å². The molecule has 1 heterocycles. The van der Waals surface area contributed by atoms with Crippen LogP contribution in [0, 0.1) is 6.92 Å². The van der Waals surface area contributed by atoms with Gasteiger partial charge in [0.25, 0.3) is 0 Å². The van der Waals surface area contributed by atoms with E-state index < -0.39 is 0 Å². The minimum Gasteiger partial charge on any atom is -0.399 e. The molecule has 0 aliphatic carbocycles. The Kier molecular flexibility index (Phi) is 4.72. The summed E-state index contributed by atoms with van der Waals surface area (Å²) in [5.74, 6) is -0.205. The first kappa shape index (κ1) is 16.0. The first-order valence-corrected chi connectivity index (χ1v) is 8.35. The number of benzene rings is 2. The van der Waals surface area contributed by atoms with Gasteiger partial charge in [-0.25, -0.2) is 4.98 Å². The molecule has 5 heteroatoms. The summed E-state index contributed by atoms with van der Waals surface area (Å²) in [7, 11) is 0. The SMILES string of the molecule is Cc1ccc(/C=C/C(=O)Nc2nc(-c3cccc(N)c3)cs2)cc1. The third kappa shape index (κ3) is 4.08. The van der Waals surface area contributed by atoms with Gasteiger partial charge in [-0.3, -0.25) is 10.1 Å². The van der Waals surface area contributed by atoms with Crippen molar-refractivity contribution < 1.29 is 4.79 Å². The summed E-state index contributed by atoms with van der Waals surface area (Å²) < 4.78 is 0. The van der Waals surface area contributed by atoms with Gasteiger partial charge >= 0.3 is 0 Å². The highest BCUT2D eigenvalue weighted by molar-refractivity contribution is 7.14. The largest absolute Gasteiger partial charge is 0.399 e. The maximum atomic E-state index is 12.0. The summed E-state index contributed by atoms with van der Waals surface area (Å²) in [6.07, 6.45) is 3.29. The molecule has 0 aliphatic rings. The molecule has 0 radical (unpaired) electrons. The number of amides is 1. The summed E-state index contributed by atoms with van der Waals surface area (Å²) >= 11 is 1.38. The first-order valence-electron chi connectivity index (χ1n) is 7.47. The van der Waals surface area contributed by atoms with Crippen molar-refractivity contribution in [1.29, 1.82) is 0 Å². The molecule has 24 heavy (non-hydrogen) atoms. The Labute approximate surface area is 144 Å². The average molecular weight is 335 g/mol. The fraction of sp³-hybridized carbons (Fsp3) is 0.0526.